The maximum absolute atomic E-state index is 12.5. The van der Waals surface area contributed by atoms with Crippen molar-refractivity contribution in [3.8, 4) is 0 Å². The highest BCUT2D eigenvalue weighted by Crippen LogP contribution is 2.28. The summed E-state index contributed by atoms with van der Waals surface area (Å²) < 4.78 is 1.92. The lowest BCUT2D eigenvalue weighted by Crippen LogP contribution is -2.49. The van der Waals surface area contributed by atoms with E-state index in [0.717, 1.165) is 44.0 Å². The van der Waals surface area contributed by atoms with Crippen LogP contribution in [0, 0.1) is 0 Å². The first-order chi connectivity index (χ1) is 11.3. The summed E-state index contributed by atoms with van der Waals surface area (Å²) in [5.41, 5.74) is 0. The van der Waals surface area contributed by atoms with Gasteiger partial charge in [-0.15, -0.1) is 0 Å². The van der Waals surface area contributed by atoms with Crippen molar-refractivity contribution < 1.29 is 4.79 Å². The van der Waals surface area contributed by atoms with Crippen molar-refractivity contribution in [1.82, 2.24) is 25.0 Å². The van der Waals surface area contributed by atoms with Crippen molar-refractivity contribution >= 4 is 17.8 Å². The Balaban J connectivity index is 1.44. The minimum absolute atomic E-state index is 0.120. The summed E-state index contributed by atoms with van der Waals surface area (Å²) in [6.07, 6.45) is 10.0. The molecule has 6 nitrogen and oxygen atoms in total. The molecule has 1 aliphatic heterocycles. The molecule has 2 atom stereocenters. The van der Waals surface area contributed by atoms with Gasteiger partial charge in [-0.3, -0.25) is 0 Å². The number of rotatable bonds is 4. The van der Waals surface area contributed by atoms with Crippen LogP contribution in [0.4, 0.5) is 4.79 Å². The number of nitrogens with zero attached hydrogens (tertiary/aromatic N) is 4. The van der Waals surface area contributed by atoms with E-state index in [9.17, 15) is 4.79 Å². The highest BCUT2D eigenvalue weighted by Gasteiger charge is 2.28. The van der Waals surface area contributed by atoms with Gasteiger partial charge in [-0.1, -0.05) is 13.3 Å². The van der Waals surface area contributed by atoms with Gasteiger partial charge in [0.05, 0.1) is 6.04 Å². The number of urea groups is 1. The number of thioether (sulfide) groups is 1. The predicted octanol–water partition coefficient (Wildman–Crippen LogP) is 2.69. The van der Waals surface area contributed by atoms with E-state index >= 15 is 0 Å². The van der Waals surface area contributed by atoms with E-state index in [-0.39, 0.29) is 6.03 Å². The van der Waals surface area contributed by atoms with Crippen molar-refractivity contribution in [2.45, 2.75) is 62.8 Å². The molecule has 0 bridgehead atoms. The van der Waals surface area contributed by atoms with E-state index in [1.165, 1.54) is 18.6 Å². The Labute approximate surface area is 142 Å². The zero-order valence-corrected chi connectivity index (χ0v) is 14.7. The highest BCUT2D eigenvalue weighted by atomic mass is 32.2. The molecule has 1 aromatic rings. The van der Waals surface area contributed by atoms with Gasteiger partial charge in [0.25, 0.3) is 0 Å². The second kappa shape index (κ2) is 8.04. The standard InChI is InChI=1S/C16H27N5OS/c1-2-23-15-5-3-4-13(10-15)19-16(22)20-8-6-14(7-9-20)21-12-17-11-18-21/h11-15H,2-10H2,1H3,(H,19,22)/t13-,15+/m0/s1. The number of piperidine rings is 1. The maximum atomic E-state index is 12.5. The fourth-order valence-corrected chi connectivity index (χ4v) is 4.84. The van der Waals surface area contributed by atoms with Crippen LogP contribution in [0.3, 0.4) is 0 Å². The van der Waals surface area contributed by atoms with Crippen molar-refractivity contribution in [1.29, 1.82) is 0 Å². The Morgan fingerprint density at radius 2 is 2.13 bits per heavy atom. The number of carbonyl (C=O) groups excluding carboxylic acids is 1. The first-order valence-corrected chi connectivity index (χ1v) is 9.82. The van der Waals surface area contributed by atoms with Gasteiger partial charge in [0, 0.05) is 24.4 Å². The summed E-state index contributed by atoms with van der Waals surface area (Å²) in [6, 6.07) is 0.851. The van der Waals surface area contributed by atoms with Crippen LogP contribution >= 0.6 is 11.8 Å². The molecule has 1 N–H and O–H groups in total. The van der Waals surface area contributed by atoms with Gasteiger partial charge in [0.15, 0.2) is 0 Å². The summed E-state index contributed by atoms with van der Waals surface area (Å²) in [5, 5.41) is 8.20. The van der Waals surface area contributed by atoms with Crippen molar-refractivity contribution in [2.75, 3.05) is 18.8 Å². The third kappa shape index (κ3) is 4.40. The van der Waals surface area contributed by atoms with Gasteiger partial charge in [-0.2, -0.15) is 16.9 Å². The molecule has 0 aromatic carbocycles. The minimum Gasteiger partial charge on any atom is -0.335 e. The molecule has 2 amide bonds. The SMILES string of the molecule is CCS[C@@H]1CCC[C@H](NC(=O)N2CCC(n3cncn3)CC2)C1. The normalized spacial score (nSPS) is 26.2. The van der Waals surface area contributed by atoms with Crippen LogP contribution in [-0.4, -0.2) is 55.8 Å². The summed E-state index contributed by atoms with van der Waals surface area (Å²) in [4.78, 5) is 18.5. The average Bonchev–Trinajstić information content (AvgIpc) is 3.10. The fraction of sp³-hybridized carbons (Fsp3) is 0.812. The summed E-state index contributed by atoms with van der Waals surface area (Å²) in [7, 11) is 0. The van der Waals surface area contributed by atoms with Crippen LogP contribution in [0.1, 0.15) is 51.5 Å². The fourth-order valence-electron chi connectivity index (χ4n) is 3.67. The zero-order chi connectivity index (χ0) is 16.1. The monoisotopic (exact) mass is 337 g/mol. The van der Waals surface area contributed by atoms with Crippen LogP contribution in [0.2, 0.25) is 0 Å². The van der Waals surface area contributed by atoms with Gasteiger partial charge in [-0.05, 0) is 37.9 Å². The van der Waals surface area contributed by atoms with Gasteiger partial charge in [0.2, 0.25) is 0 Å². The van der Waals surface area contributed by atoms with Crippen LogP contribution in [-0.2, 0) is 0 Å². The number of likely N-dealkylation sites (tertiary alicyclic amines) is 1. The number of carbonyl (C=O) groups is 1. The number of hydrogen-bond donors (Lipinski definition) is 1. The molecule has 0 radical (unpaired) electrons. The molecule has 0 spiro atoms. The van der Waals surface area contributed by atoms with Crippen LogP contribution in [0.15, 0.2) is 12.7 Å². The Morgan fingerprint density at radius 1 is 1.30 bits per heavy atom. The first kappa shape index (κ1) is 16.6. The third-order valence-corrected chi connectivity index (χ3v) is 6.15. The molecular formula is C16H27N5OS. The molecule has 1 aromatic heterocycles. The molecule has 0 unspecified atom stereocenters. The lowest BCUT2D eigenvalue weighted by atomic mass is 9.95. The predicted molar refractivity (Wildman–Crippen MR) is 92.6 cm³/mol. The van der Waals surface area contributed by atoms with Crippen molar-refractivity contribution in [3.63, 3.8) is 0 Å². The molecule has 7 heteroatoms. The van der Waals surface area contributed by atoms with Gasteiger partial charge < -0.3 is 10.2 Å². The quantitative estimate of drug-likeness (QED) is 0.917. The topological polar surface area (TPSA) is 63.1 Å². The molecule has 2 aliphatic rings. The molecule has 1 saturated carbocycles. The lowest BCUT2D eigenvalue weighted by molar-refractivity contribution is 0.163. The molecule has 3 rings (SSSR count). The maximum Gasteiger partial charge on any atom is 0.317 e. The Morgan fingerprint density at radius 3 is 2.83 bits per heavy atom. The first-order valence-electron chi connectivity index (χ1n) is 8.77. The Hall–Kier alpha value is -1.24. The molecule has 1 aliphatic carbocycles. The van der Waals surface area contributed by atoms with E-state index < -0.39 is 0 Å². The molecular weight excluding hydrogens is 310 g/mol. The zero-order valence-electron chi connectivity index (χ0n) is 13.9. The van der Waals surface area contributed by atoms with Gasteiger partial charge >= 0.3 is 6.03 Å². The van der Waals surface area contributed by atoms with Gasteiger partial charge in [0.1, 0.15) is 12.7 Å². The van der Waals surface area contributed by atoms with Crippen LogP contribution in [0.25, 0.3) is 0 Å². The largest absolute Gasteiger partial charge is 0.335 e. The minimum atomic E-state index is 0.120. The number of aromatic nitrogens is 3. The Kier molecular flexibility index (Phi) is 5.80. The molecule has 128 valence electrons. The third-order valence-electron chi connectivity index (χ3n) is 4.92. The number of hydrogen-bond acceptors (Lipinski definition) is 4. The summed E-state index contributed by atoms with van der Waals surface area (Å²) in [5.74, 6) is 1.17. The summed E-state index contributed by atoms with van der Waals surface area (Å²) >= 11 is 2.04. The molecule has 23 heavy (non-hydrogen) atoms. The van der Waals surface area contributed by atoms with Crippen molar-refractivity contribution in [2.24, 2.45) is 0 Å². The van der Waals surface area contributed by atoms with Crippen LogP contribution in [0.5, 0.6) is 0 Å². The number of nitrogens with one attached hydrogen (secondary N) is 1. The smallest absolute Gasteiger partial charge is 0.317 e. The Bertz CT molecular complexity index is 485. The number of amides is 2. The van der Waals surface area contributed by atoms with Crippen LogP contribution < -0.4 is 5.32 Å². The summed E-state index contributed by atoms with van der Waals surface area (Å²) in [6.45, 7) is 3.82. The van der Waals surface area contributed by atoms with E-state index in [2.05, 4.69) is 22.3 Å². The van der Waals surface area contributed by atoms with E-state index in [1.54, 1.807) is 12.7 Å². The highest BCUT2D eigenvalue weighted by molar-refractivity contribution is 7.99. The molecule has 2 fully saturated rings. The lowest BCUT2D eigenvalue weighted by Gasteiger charge is -2.35. The van der Waals surface area contributed by atoms with E-state index in [4.69, 9.17) is 0 Å². The molecule has 1 saturated heterocycles. The second-order valence-electron chi connectivity index (χ2n) is 6.48. The molecule has 2 heterocycles. The second-order valence-corrected chi connectivity index (χ2v) is 8.06. The van der Waals surface area contributed by atoms with Crippen molar-refractivity contribution in [3.05, 3.63) is 12.7 Å². The van der Waals surface area contributed by atoms with E-state index in [0.29, 0.717) is 12.1 Å². The van der Waals surface area contributed by atoms with Gasteiger partial charge in [-0.25, -0.2) is 14.5 Å². The average molecular weight is 337 g/mol. The van der Waals surface area contributed by atoms with E-state index in [1.807, 2.05) is 21.3 Å².